The van der Waals surface area contributed by atoms with Gasteiger partial charge in [-0.2, -0.15) is 0 Å². The molecule has 0 saturated heterocycles. The third-order valence-corrected chi connectivity index (χ3v) is 6.25. The van der Waals surface area contributed by atoms with E-state index in [9.17, 15) is 4.55 Å². The average molecular weight is 372 g/mol. The molecule has 4 heteroatoms. The van der Waals surface area contributed by atoms with Crippen molar-refractivity contribution in [3.63, 3.8) is 0 Å². The predicted octanol–water partition coefficient (Wildman–Crippen LogP) is 5.12. The van der Waals surface area contributed by atoms with Crippen LogP contribution >= 0.6 is 15.9 Å². The van der Waals surface area contributed by atoms with E-state index in [4.69, 9.17) is 0 Å². The third-order valence-electron chi connectivity index (χ3n) is 4.14. The Morgan fingerprint density at radius 3 is 2.24 bits per heavy atom. The Bertz CT molecular complexity index is 437. The van der Waals surface area contributed by atoms with Crippen molar-refractivity contribution in [2.75, 3.05) is 0 Å². The first kappa shape index (κ1) is 17.3. The van der Waals surface area contributed by atoms with Crippen LogP contribution in [0.3, 0.4) is 0 Å². The van der Waals surface area contributed by atoms with Gasteiger partial charge < -0.3 is 4.55 Å². The summed E-state index contributed by atoms with van der Waals surface area (Å²) in [4.78, 5) is 0. The van der Waals surface area contributed by atoms with Crippen LogP contribution in [-0.4, -0.2) is 9.30 Å². The quantitative estimate of drug-likeness (QED) is 0.745. The number of halogens is 1. The molecule has 1 aliphatic carbocycles. The number of rotatable bonds is 4. The molecule has 0 aromatic heterocycles. The highest BCUT2D eigenvalue weighted by atomic mass is 79.9. The first-order chi connectivity index (χ1) is 9.88. The third kappa shape index (κ3) is 4.98. The summed E-state index contributed by atoms with van der Waals surface area (Å²) < 4.78 is 16.8. The Hall–Kier alpha value is -0.0300. The average Bonchev–Trinajstić information content (AvgIpc) is 2.45. The summed E-state index contributed by atoms with van der Waals surface area (Å²) >= 11 is 2.46. The molecule has 2 rings (SSSR count). The second kappa shape index (κ2) is 7.49. The Labute approximate surface area is 140 Å². The largest absolute Gasteiger partial charge is 0.598 e. The van der Waals surface area contributed by atoms with Crippen molar-refractivity contribution in [1.29, 1.82) is 0 Å². The van der Waals surface area contributed by atoms with E-state index in [2.05, 4.69) is 44.9 Å². The van der Waals surface area contributed by atoms with E-state index in [0.29, 0.717) is 5.92 Å². The lowest BCUT2D eigenvalue weighted by Crippen LogP contribution is -2.43. The van der Waals surface area contributed by atoms with Crippen molar-refractivity contribution >= 4 is 27.3 Å². The summed E-state index contributed by atoms with van der Waals surface area (Å²) in [6.07, 6.45) is 6.39. The molecule has 118 valence electrons. The van der Waals surface area contributed by atoms with Crippen LogP contribution in [-0.2, 0) is 11.4 Å². The zero-order chi connectivity index (χ0) is 15.5. The second-order valence-electron chi connectivity index (χ2n) is 6.93. The lowest BCUT2D eigenvalue weighted by Gasteiger charge is -2.34. The molecule has 1 fully saturated rings. The van der Waals surface area contributed by atoms with E-state index in [1.165, 1.54) is 37.7 Å². The minimum absolute atomic E-state index is 0.193. The number of nitrogens with one attached hydrogen (secondary N) is 1. The fraction of sp³-hybridized carbons (Fsp3) is 0.647. The van der Waals surface area contributed by atoms with Crippen LogP contribution in [0.1, 0.15) is 64.5 Å². The smallest absolute Gasteiger partial charge is 0.136 e. The topological polar surface area (TPSA) is 35.1 Å². The molecule has 0 spiro atoms. The standard InChI is InChI=1S/C17H26BrNOS/c1-17(2,3)21(20)19-16(13-7-5-4-6-8-13)14-9-11-15(18)12-10-14/h9-13,16,19H,4-8H2,1-3H3/t16-,21?/m1/s1. The van der Waals surface area contributed by atoms with Crippen LogP contribution in [0.15, 0.2) is 28.7 Å². The van der Waals surface area contributed by atoms with Gasteiger partial charge in [0.2, 0.25) is 0 Å². The second-order valence-corrected chi connectivity index (χ2v) is 9.84. The predicted molar refractivity (Wildman–Crippen MR) is 94.5 cm³/mol. The van der Waals surface area contributed by atoms with E-state index in [0.717, 1.165) is 4.47 Å². The van der Waals surface area contributed by atoms with Gasteiger partial charge in [-0.15, -0.1) is 4.72 Å². The van der Waals surface area contributed by atoms with E-state index in [1.807, 2.05) is 20.8 Å². The molecular formula is C17H26BrNOS. The summed E-state index contributed by atoms with van der Waals surface area (Å²) in [7, 11) is 0. The van der Waals surface area contributed by atoms with Crippen LogP contribution in [0.2, 0.25) is 0 Å². The van der Waals surface area contributed by atoms with Crippen molar-refractivity contribution in [1.82, 2.24) is 4.72 Å². The molecule has 1 aromatic rings. The minimum Gasteiger partial charge on any atom is -0.598 e. The van der Waals surface area contributed by atoms with Crippen molar-refractivity contribution in [3.05, 3.63) is 34.3 Å². The maximum absolute atomic E-state index is 12.5. The molecule has 1 unspecified atom stereocenters. The van der Waals surface area contributed by atoms with Gasteiger partial charge in [0.25, 0.3) is 0 Å². The molecule has 1 saturated carbocycles. The van der Waals surface area contributed by atoms with Gasteiger partial charge in [-0.05, 0) is 57.2 Å². The molecule has 0 bridgehead atoms. The SMILES string of the molecule is CC(C)(C)[S+]([O-])N[C@@H](c1ccc(Br)cc1)C1CCCCC1. The summed E-state index contributed by atoms with van der Waals surface area (Å²) in [5.41, 5.74) is 1.25. The molecule has 0 amide bonds. The molecule has 2 nitrogen and oxygen atoms in total. The number of benzene rings is 1. The molecular weight excluding hydrogens is 346 g/mol. The summed E-state index contributed by atoms with van der Waals surface area (Å²) in [6, 6.07) is 8.64. The van der Waals surface area contributed by atoms with Crippen LogP contribution in [0.5, 0.6) is 0 Å². The first-order valence-corrected chi connectivity index (χ1v) is 9.76. The zero-order valence-electron chi connectivity index (χ0n) is 13.2. The fourth-order valence-corrected chi connectivity index (χ4v) is 4.04. The van der Waals surface area contributed by atoms with Crippen LogP contribution in [0.4, 0.5) is 0 Å². The van der Waals surface area contributed by atoms with Gasteiger partial charge in [0.1, 0.15) is 4.75 Å². The Morgan fingerprint density at radius 1 is 1.14 bits per heavy atom. The lowest BCUT2D eigenvalue weighted by molar-refractivity contribution is 0.292. The summed E-state index contributed by atoms with van der Waals surface area (Å²) in [5.74, 6) is 0.589. The van der Waals surface area contributed by atoms with Gasteiger partial charge in [0.15, 0.2) is 0 Å². The maximum atomic E-state index is 12.5. The van der Waals surface area contributed by atoms with Gasteiger partial charge in [0, 0.05) is 15.8 Å². The molecule has 0 radical (unpaired) electrons. The Morgan fingerprint density at radius 2 is 1.71 bits per heavy atom. The van der Waals surface area contributed by atoms with Crippen molar-refractivity contribution in [2.24, 2.45) is 5.92 Å². The molecule has 21 heavy (non-hydrogen) atoms. The molecule has 1 N–H and O–H groups in total. The van der Waals surface area contributed by atoms with E-state index in [-0.39, 0.29) is 10.8 Å². The van der Waals surface area contributed by atoms with E-state index < -0.39 is 11.4 Å². The van der Waals surface area contributed by atoms with Gasteiger partial charge in [-0.25, -0.2) is 0 Å². The van der Waals surface area contributed by atoms with Gasteiger partial charge in [0.05, 0.1) is 6.04 Å². The number of hydrogen-bond acceptors (Lipinski definition) is 2. The number of hydrogen-bond donors (Lipinski definition) is 1. The zero-order valence-corrected chi connectivity index (χ0v) is 15.6. The van der Waals surface area contributed by atoms with Crippen molar-refractivity contribution in [3.8, 4) is 0 Å². The summed E-state index contributed by atoms with van der Waals surface area (Å²) in [5, 5.41) is 0. The van der Waals surface area contributed by atoms with Gasteiger partial charge >= 0.3 is 0 Å². The Balaban J connectivity index is 2.19. The van der Waals surface area contributed by atoms with E-state index >= 15 is 0 Å². The molecule has 0 aliphatic heterocycles. The molecule has 1 aliphatic rings. The molecule has 0 heterocycles. The maximum Gasteiger partial charge on any atom is 0.136 e. The highest BCUT2D eigenvalue weighted by Crippen LogP contribution is 2.36. The van der Waals surface area contributed by atoms with Crippen LogP contribution < -0.4 is 4.72 Å². The monoisotopic (exact) mass is 371 g/mol. The summed E-state index contributed by atoms with van der Waals surface area (Å²) in [6.45, 7) is 6.07. The van der Waals surface area contributed by atoms with Crippen LogP contribution in [0.25, 0.3) is 0 Å². The van der Waals surface area contributed by atoms with Gasteiger partial charge in [-0.1, -0.05) is 47.3 Å². The fourth-order valence-electron chi connectivity index (χ4n) is 2.87. The molecule has 2 atom stereocenters. The first-order valence-electron chi connectivity index (χ1n) is 7.81. The highest BCUT2D eigenvalue weighted by molar-refractivity contribution is 9.10. The lowest BCUT2D eigenvalue weighted by atomic mass is 9.81. The van der Waals surface area contributed by atoms with Crippen molar-refractivity contribution in [2.45, 2.75) is 63.7 Å². The van der Waals surface area contributed by atoms with Crippen molar-refractivity contribution < 1.29 is 4.55 Å². The minimum atomic E-state index is -1.04. The van der Waals surface area contributed by atoms with Gasteiger partial charge in [-0.3, -0.25) is 0 Å². The van der Waals surface area contributed by atoms with Crippen LogP contribution in [0, 0.1) is 5.92 Å². The highest BCUT2D eigenvalue weighted by Gasteiger charge is 2.34. The van der Waals surface area contributed by atoms with E-state index in [1.54, 1.807) is 0 Å². The Kier molecular flexibility index (Phi) is 6.18. The molecule has 1 aromatic carbocycles. The normalized spacial score (nSPS) is 20.2.